The first-order valence-corrected chi connectivity index (χ1v) is 8.42. The van der Waals surface area contributed by atoms with E-state index in [1.54, 1.807) is 7.11 Å². The van der Waals surface area contributed by atoms with E-state index >= 15 is 0 Å². The Morgan fingerprint density at radius 2 is 1.38 bits per heavy atom. The maximum Gasteiger partial charge on any atom is 0.118 e. The largest absolute Gasteiger partial charge is 0.497 e. The molecule has 0 radical (unpaired) electrons. The van der Waals surface area contributed by atoms with E-state index in [0.717, 1.165) is 16.9 Å². The molecule has 0 aliphatic heterocycles. The van der Waals surface area contributed by atoms with E-state index in [2.05, 4.69) is 17.4 Å². The molecular weight excluding hydrogens is 346 g/mol. The van der Waals surface area contributed by atoms with Crippen LogP contribution in [0.1, 0.15) is 28.8 Å². The molecule has 0 aliphatic rings. The van der Waals surface area contributed by atoms with Crippen molar-refractivity contribution in [1.29, 1.82) is 0 Å². The van der Waals surface area contributed by atoms with E-state index in [0.29, 0.717) is 6.54 Å². The molecule has 3 aromatic rings. The van der Waals surface area contributed by atoms with E-state index < -0.39 is 6.10 Å². The minimum absolute atomic E-state index is 0. The van der Waals surface area contributed by atoms with Crippen molar-refractivity contribution in [3.63, 3.8) is 0 Å². The van der Waals surface area contributed by atoms with Crippen LogP contribution >= 0.6 is 12.4 Å². The Hall–Kier alpha value is -2.33. The van der Waals surface area contributed by atoms with E-state index in [9.17, 15) is 5.11 Å². The van der Waals surface area contributed by atoms with Gasteiger partial charge in [-0.3, -0.25) is 0 Å². The van der Waals surface area contributed by atoms with Gasteiger partial charge in [0.1, 0.15) is 5.75 Å². The van der Waals surface area contributed by atoms with Gasteiger partial charge in [-0.2, -0.15) is 0 Å². The Morgan fingerprint density at radius 1 is 0.808 bits per heavy atom. The van der Waals surface area contributed by atoms with Crippen molar-refractivity contribution in [3.8, 4) is 5.75 Å². The van der Waals surface area contributed by atoms with Crippen LogP contribution in [0.3, 0.4) is 0 Å². The molecule has 0 bridgehead atoms. The Morgan fingerprint density at radius 3 is 1.96 bits per heavy atom. The fourth-order valence-corrected chi connectivity index (χ4v) is 2.89. The SMILES string of the molecule is COc1ccc(C(O)C(NCc2ccccc2)c2ccccc2)cc1.Cl. The van der Waals surface area contributed by atoms with Crippen LogP contribution in [0.25, 0.3) is 0 Å². The summed E-state index contributed by atoms with van der Waals surface area (Å²) in [5.41, 5.74) is 3.10. The fourth-order valence-electron chi connectivity index (χ4n) is 2.89. The first-order chi connectivity index (χ1) is 12.3. The molecule has 0 heterocycles. The second-order valence-corrected chi connectivity index (χ2v) is 5.97. The summed E-state index contributed by atoms with van der Waals surface area (Å²) in [6, 6.07) is 27.6. The lowest BCUT2D eigenvalue weighted by molar-refractivity contribution is 0.127. The molecule has 136 valence electrons. The number of nitrogens with one attached hydrogen (secondary N) is 1. The molecule has 0 spiro atoms. The molecule has 2 unspecified atom stereocenters. The molecule has 4 heteroatoms. The van der Waals surface area contributed by atoms with Crippen molar-refractivity contribution >= 4 is 12.4 Å². The van der Waals surface area contributed by atoms with Gasteiger partial charge >= 0.3 is 0 Å². The molecule has 0 amide bonds. The van der Waals surface area contributed by atoms with E-state index in [1.165, 1.54) is 5.56 Å². The summed E-state index contributed by atoms with van der Waals surface area (Å²) >= 11 is 0. The highest BCUT2D eigenvalue weighted by Crippen LogP contribution is 2.30. The predicted molar refractivity (Wildman–Crippen MR) is 108 cm³/mol. The average Bonchev–Trinajstić information content (AvgIpc) is 2.69. The van der Waals surface area contributed by atoms with Crippen LogP contribution in [0.4, 0.5) is 0 Å². The van der Waals surface area contributed by atoms with Gasteiger partial charge in [0.05, 0.1) is 19.3 Å². The van der Waals surface area contributed by atoms with Gasteiger partial charge in [0, 0.05) is 6.54 Å². The highest BCUT2D eigenvalue weighted by Gasteiger charge is 2.22. The minimum Gasteiger partial charge on any atom is -0.497 e. The maximum absolute atomic E-state index is 11.0. The van der Waals surface area contributed by atoms with E-state index in [1.807, 2.05) is 72.8 Å². The topological polar surface area (TPSA) is 41.5 Å². The van der Waals surface area contributed by atoms with Crippen molar-refractivity contribution in [1.82, 2.24) is 5.32 Å². The van der Waals surface area contributed by atoms with Crippen LogP contribution in [0.15, 0.2) is 84.9 Å². The number of methoxy groups -OCH3 is 1. The standard InChI is InChI=1S/C22H23NO2.ClH/c1-25-20-14-12-19(13-15-20)22(24)21(18-10-6-3-7-11-18)23-16-17-8-4-2-5-9-17;/h2-15,21-24H,16H2,1H3;1H. The molecule has 0 fully saturated rings. The molecule has 3 nitrogen and oxygen atoms in total. The molecule has 2 N–H and O–H groups in total. The number of aliphatic hydroxyl groups is 1. The Kier molecular flexibility index (Phi) is 7.67. The van der Waals surface area contributed by atoms with Gasteiger partial charge in [-0.05, 0) is 28.8 Å². The third-order valence-electron chi connectivity index (χ3n) is 4.30. The summed E-state index contributed by atoms with van der Waals surface area (Å²) in [6.07, 6.45) is -0.656. The average molecular weight is 370 g/mol. The lowest BCUT2D eigenvalue weighted by Gasteiger charge is -2.25. The molecule has 3 aromatic carbocycles. The predicted octanol–water partition coefficient (Wildman–Crippen LogP) is 4.68. The highest BCUT2D eigenvalue weighted by atomic mass is 35.5. The van der Waals surface area contributed by atoms with Crippen LogP contribution in [0, 0.1) is 0 Å². The van der Waals surface area contributed by atoms with Gasteiger partial charge in [0.25, 0.3) is 0 Å². The zero-order chi connectivity index (χ0) is 17.5. The molecule has 0 saturated heterocycles. The summed E-state index contributed by atoms with van der Waals surface area (Å²) in [5, 5.41) is 14.5. The maximum atomic E-state index is 11.0. The summed E-state index contributed by atoms with van der Waals surface area (Å²) in [6.45, 7) is 0.688. The van der Waals surface area contributed by atoms with Crippen LogP contribution in [0.2, 0.25) is 0 Å². The number of hydrogen-bond donors (Lipinski definition) is 2. The molecular formula is C22H24ClNO2. The summed E-state index contributed by atoms with van der Waals surface area (Å²) in [4.78, 5) is 0. The zero-order valence-electron chi connectivity index (χ0n) is 14.7. The Bertz CT molecular complexity index is 763. The molecule has 0 aromatic heterocycles. The van der Waals surface area contributed by atoms with Gasteiger partial charge in [-0.1, -0.05) is 72.8 Å². The number of rotatable bonds is 7. The minimum atomic E-state index is -0.656. The van der Waals surface area contributed by atoms with Gasteiger partial charge < -0.3 is 15.2 Å². The van der Waals surface area contributed by atoms with Crippen LogP contribution < -0.4 is 10.1 Å². The highest BCUT2D eigenvalue weighted by molar-refractivity contribution is 5.85. The molecule has 2 atom stereocenters. The van der Waals surface area contributed by atoms with Gasteiger partial charge in [0.15, 0.2) is 0 Å². The normalized spacial score (nSPS) is 12.7. The van der Waals surface area contributed by atoms with Crippen molar-refractivity contribution < 1.29 is 9.84 Å². The monoisotopic (exact) mass is 369 g/mol. The molecule has 26 heavy (non-hydrogen) atoms. The quantitative estimate of drug-likeness (QED) is 0.635. The van der Waals surface area contributed by atoms with Gasteiger partial charge in [-0.25, -0.2) is 0 Å². The summed E-state index contributed by atoms with van der Waals surface area (Å²) in [7, 11) is 1.64. The number of aliphatic hydroxyl groups excluding tert-OH is 1. The lowest BCUT2D eigenvalue weighted by Crippen LogP contribution is -2.27. The number of ether oxygens (including phenoxy) is 1. The number of benzene rings is 3. The summed E-state index contributed by atoms with van der Waals surface area (Å²) in [5.74, 6) is 0.782. The van der Waals surface area contributed by atoms with Crippen LogP contribution in [0.5, 0.6) is 5.75 Å². The molecule has 3 rings (SSSR count). The van der Waals surface area contributed by atoms with Crippen molar-refractivity contribution in [2.24, 2.45) is 0 Å². The van der Waals surface area contributed by atoms with Crippen molar-refractivity contribution in [2.75, 3.05) is 7.11 Å². The van der Waals surface area contributed by atoms with Crippen molar-refractivity contribution in [2.45, 2.75) is 18.7 Å². The van der Waals surface area contributed by atoms with Crippen molar-refractivity contribution in [3.05, 3.63) is 102 Å². The zero-order valence-corrected chi connectivity index (χ0v) is 15.5. The third kappa shape index (κ3) is 5.09. The Labute approximate surface area is 161 Å². The Balaban J connectivity index is 0.00000243. The second kappa shape index (κ2) is 9.97. The number of halogens is 1. The second-order valence-electron chi connectivity index (χ2n) is 5.97. The van der Waals surface area contributed by atoms with Gasteiger partial charge in [-0.15, -0.1) is 12.4 Å². The molecule has 0 aliphatic carbocycles. The van der Waals surface area contributed by atoms with Crippen LogP contribution in [-0.4, -0.2) is 12.2 Å². The lowest BCUT2D eigenvalue weighted by atomic mass is 9.95. The van der Waals surface area contributed by atoms with E-state index in [-0.39, 0.29) is 18.4 Å². The number of hydrogen-bond acceptors (Lipinski definition) is 3. The van der Waals surface area contributed by atoms with Crippen LogP contribution in [-0.2, 0) is 6.54 Å². The first kappa shape index (κ1) is 20.0. The van der Waals surface area contributed by atoms with E-state index in [4.69, 9.17) is 4.74 Å². The third-order valence-corrected chi connectivity index (χ3v) is 4.30. The smallest absolute Gasteiger partial charge is 0.118 e. The molecule has 0 saturated carbocycles. The van der Waals surface area contributed by atoms with Gasteiger partial charge in [0.2, 0.25) is 0 Å². The summed E-state index contributed by atoms with van der Waals surface area (Å²) < 4.78 is 5.20. The fraction of sp³-hybridized carbons (Fsp3) is 0.182. The first-order valence-electron chi connectivity index (χ1n) is 8.42.